The fourth-order valence-electron chi connectivity index (χ4n) is 13.3. The summed E-state index contributed by atoms with van der Waals surface area (Å²) in [5, 5.41) is 38.4. The van der Waals surface area contributed by atoms with E-state index in [2.05, 4.69) is 68.5 Å². The zero-order valence-electron chi connectivity index (χ0n) is 68.1. The number of likely N-dealkylation sites (tertiary alicyclic amines) is 2. The molecule has 15 amide bonds. The van der Waals surface area contributed by atoms with Gasteiger partial charge >= 0.3 is 5.97 Å². The molecule has 2 aromatic rings. The van der Waals surface area contributed by atoms with E-state index >= 15 is 0 Å². The number of aliphatic imine (C=N–C) groups is 2. The average molecular weight is 1690 g/mol. The Morgan fingerprint density at radius 1 is 0.445 bits per heavy atom. The van der Waals surface area contributed by atoms with E-state index in [1.165, 1.54) is 21.6 Å². The summed E-state index contributed by atoms with van der Waals surface area (Å²) in [6.07, 6.45) is 3.31. The third kappa shape index (κ3) is 37.5. The van der Waals surface area contributed by atoms with Crippen molar-refractivity contribution in [2.45, 2.75) is 228 Å². The summed E-state index contributed by atoms with van der Waals surface area (Å²) in [7, 11) is 0. The summed E-state index contributed by atoms with van der Waals surface area (Å²) in [5.41, 5.74) is 51.5. The van der Waals surface area contributed by atoms with E-state index in [0.29, 0.717) is 61.8 Å². The highest BCUT2D eigenvalue weighted by molar-refractivity contribution is 7.98. The highest BCUT2D eigenvalue weighted by Crippen LogP contribution is 2.24. The summed E-state index contributed by atoms with van der Waals surface area (Å²) in [4.78, 5) is 232. The van der Waals surface area contributed by atoms with Crippen LogP contribution in [0.2, 0.25) is 0 Å². The number of aliphatic carboxylic acids is 1. The number of carboxylic acids is 1. The molecule has 2 heterocycles. The predicted octanol–water partition coefficient (Wildman–Crippen LogP) is -5.84. The van der Waals surface area contributed by atoms with Crippen molar-refractivity contribution in [3.05, 3.63) is 71.8 Å². The van der Waals surface area contributed by atoms with Gasteiger partial charge in [0.25, 0.3) is 0 Å². The van der Waals surface area contributed by atoms with E-state index in [1.54, 1.807) is 80.8 Å². The third-order valence-corrected chi connectivity index (χ3v) is 20.2. The summed E-state index contributed by atoms with van der Waals surface area (Å²) < 4.78 is 0. The first-order chi connectivity index (χ1) is 56.7. The molecule has 119 heavy (non-hydrogen) atoms. The molecule has 0 bridgehead atoms. The number of carboxylic acid groups (broad SMARTS) is 1. The van der Waals surface area contributed by atoms with Crippen LogP contribution in [0.5, 0.6) is 0 Å². The smallest absolute Gasteiger partial charge is 0.326 e. The molecule has 0 aromatic heterocycles. The second-order valence-electron chi connectivity index (χ2n) is 29.7. The second-order valence-corrected chi connectivity index (χ2v) is 30.7. The lowest BCUT2D eigenvalue weighted by Gasteiger charge is -2.32. The fourth-order valence-corrected chi connectivity index (χ4v) is 13.8. The standard InChI is InChI=1S/C77H124N24O17S/c1-45(2)40-55(69(111)94-52(32-39-119-3)64(106)89-43-62(104)91-49(23-10-12-33-78)66(108)97-54(75(117)118)25-15-36-88-77(85)86)92-63(105)44-90-65(107)56(41-46-18-6-4-7-19-46)98-70(112)57(42-47-20-8-5-9-21-47)99-68(110)50(28-30-60(81)102)93-67(109)51(29-31-61(82)103)95-71(113)59-27-17-38-101(59)74(116)53(24-11-13-34-79)96-72(114)58-26-16-37-100(58)73(115)48(80)22-14-35-87-76(83)84/h4-9,18-21,45,48-59H,10-17,22-44,78-80H2,1-3H3,(H2,81,102)(H2,82,103)(H,89,106)(H,90,107)(H,91,104)(H,92,105)(H,93,109)(H,94,111)(H,95,113)(H,96,114)(H,97,108)(H,98,112)(H,99,110)(H,117,118)(H4,83,84,87)(H4,85,86,88). The molecule has 2 aliphatic heterocycles. The zero-order valence-corrected chi connectivity index (χ0v) is 68.9. The average Bonchev–Trinajstić information content (AvgIpc) is 1.68. The minimum atomic E-state index is -1.70. The predicted molar refractivity (Wildman–Crippen MR) is 444 cm³/mol. The quantitative estimate of drug-likeness (QED) is 0.0167. The third-order valence-electron chi connectivity index (χ3n) is 19.6. The Balaban J connectivity index is 1.54. The maximum atomic E-state index is 14.9. The topological polar surface area (TPSA) is 691 Å². The fraction of sp³-hybridized carbons (Fsp3) is 0.610. The van der Waals surface area contributed by atoms with Crippen LogP contribution in [0.4, 0.5) is 0 Å². The molecule has 0 aliphatic carbocycles. The second kappa shape index (κ2) is 53.9. The first-order valence-electron chi connectivity index (χ1n) is 40.2. The maximum absolute atomic E-state index is 14.9. The lowest BCUT2D eigenvalue weighted by atomic mass is 10.0. The Hall–Kier alpha value is -11.3. The van der Waals surface area contributed by atoms with Crippen molar-refractivity contribution < 1.29 is 81.8 Å². The van der Waals surface area contributed by atoms with Gasteiger partial charge in [-0.15, -0.1) is 0 Å². The molecule has 0 radical (unpaired) electrons. The van der Waals surface area contributed by atoms with Gasteiger partial charge in [-0.05, 0) is 158 Å². The SMILES string of the molecule is CSCCC(NC(=O)C(CC(C)C)NC(=O)CNC(=O)C(Cc1ccccc1)NC(=O)C(Cc1ccccc1)NC(=O)C(CCC(N)=O)NC(=O)C(CCC(N)=O)NC(=O)C1CCCN1C(=O)C(CCCCN)NC(=O)C1CCCN1C(=O)C(N)CCCN=C(N)N)C(=O)NCC(=O)NC(CCCCN)C(=O)NC(CCCN=C(N)N)C(=O)O. The first-order valence-corrected chi connectivity index (χ1v) is 41.6. The Morgan fingerprint density at radius 3 is 1.28 bits per heavy atom. The molecule has 2 aliphatic rings. The van der Waals surface area contributed by atoms with Crippen LogP contribution in [0.1, 0.15) is 153 Å². The lowest BCUT2D eigenvalue weighted by molar-refractivity contribution is -0.144. The molecular formula is C77H124N24O17S. The molecule has 0 saturated carbocycles. The van der Waals surface area contributed by atoms with E-state index in [-0.39, 0.29) is 128 Å². The van der Waals surface area contributed by atoms with Gasteiger partial charge in [0.2, 0.25) is 88.6 Å². The number of amides is 15. The number of carbonyl (C=O) groups is 16. The molecule has 0 spiro atoms. The van der Waals surface area contributed by atoms with Gasteiger partial charge in [-0.25, -0.2) is 4.79 Å². The normalized spacial score (nSPS) is 16.1. The van der Waals surface area contributed by atoms with Crippen LogP contribution in [0, 0.1) is 5.92 Å². The van der Waals surface area contributed by atoms with Gasteiger partial charge in [-0.2, -0.15) is 11.8 Å². The van der Waals surface area contributed by atoms with Gasteiger partial charge in [0, 0.05) is 51.9 Å². The van der Waals surface area contributed by atoms with E-state index in [1.807, 2.05) is 0 Å². The highest BCUT2D eigenvalue weighted by Gasteiger charge is 2.43. The molecule has 41 nitrogen and oxygen atoms in total. The molecule has 2 aromatic carbocycles. The van der Waals surface area contributed by atoms with Gasteiger partial charge in [0.15, 0.2) is 11.9 Å². The maximum Gasteiger partial charge on any atom is 0.326 e. The van der Waals surface area contributed by atoms with Crippen LogP contribution in [0.15, 0.2) is 70.6 Å². The number of nitrogens with two attached hydrogens (primary N) is 9. The van der Waals surface area contributed by atoms with Crippen molar-refractivity contribution in [2.75, 3.05) is 64.4 Å². The summed E-state index contributed by atoms with van der Waals surface area (Å²) in [6, 6.07) is 0.823. The number of carbonyl (C=O) groups excluding carboxylic acids is 15. The molecule has 42 heteroatoms. The number of nitrogens with zero attached hydrogens (tertiary/aromatic N) is 4. The summed E-state index contributed by atoms with van der Waals surface area (Å²) in [5.74, 6) is -13.9. The minimum absolute atomic E-state index is 0.0277. The van der Waals surface area contributed by atoms with Crippen LogP contribution in [0.25, 0.3) is 0 Å². The van der Waals surface area contributed by atoms with Crippen molar-refractivity contribution in [2.24, 2.45) is 67.5 Å². The molecule has 660 valence electrons. The molecule has 2 saturated heterocycles. The monoisotopic (exact) mass is 1690 g/mol. The van der Waals surface area contributed by atoms with Gasteiger partial charge in [-0.3, -0.25) is 81.9 Å². The van der Waals surface area contributed by atoms with Crippen LogP contribution >= 0.6 is 11.8 Å². The van der Waals surface area contributed by atoms with Crippen molar-refractivity contribution in [1.29, 1.82) is 0 Å². The van der Waals surface area contributed by atoms with Crippen LogP contribution < -0.4 is 110 Å². The number of nitrogens with one attached hydrogen (secondary N) is 11. The van der Waals surface area contributed by atoms with Crippen LogP contribution in [-0.4, -0.2) is 258 Å². The number of guanidine groups is 2. The molecule has 12 atom stereocenters. The summed E-state index contributed by atoms with van der Waals surface area (Å²) >= 11 is 1.35. The van der Waals surface area contributed by atoms with Crippen molar-refractivity contribution in [3.63, 3.8) is 0 Å². The Labute approximate surface area is 696 Å². The first kappa shape index (κ1) is 100. The van der Waals surface area contributed by atoms with Gasteiger partial charge < -0.3 is 125 Å². The highest BCUT2D eigenvalue weighted by atomic mass is 32.2. The van der Waals surface area contributed by atoms with Crippen molar-refractivity contribution in [3.8, 4) is 0 Å². The molecule has 12 unspecified atom stereocenters. The van der Waals surface area contributed by atoms with E-state index in [4.69, 9.17) is 51.6 Å². The van der Waals surface area contributed by atoms with Gasteiger partial charge in [-0.1, -0.05) is 74.5 Å². The number of hydrogen-bond acceptors (Lipinski definition) is 22. The molecule has 30 N–H and O–H groups in total. The van der Waals surface area contributed by atoms with E-state index in [9.17, 15) is 81.8 Å². The van der Waals surface area contributed by atoms with E-state index in [0.717, 1.165) is 0 Å². The molecule has 4 rings (SSSR count). The number of rotatable bonds is 56. The molecule has 2 fully saturated rings. The van der Waals surface area contributed by atoms with Crippen LogP contribution in [0.3, 0.4) is 0 Å². The lowest BCUT2D eigenvalue weighted by Crippen LogP contribution is -2.60. The van der Waals surface area contributed by atoms with Crippen LogP contribution in [-0.2, 0) is 89.6 Å². The Morgan fingerprint density at radius 2 is 0.824 bits per heavy atom. The number of thioether (sulfide) groups is 1. The largest absolute Gasteiger partial charge is 0.480 e. The summed E-state index contributed by atoms with van der Waals surface area (Å²) in [6.45, 7) is 3.25. The Bertz CT molecular complexity index is 3760. The number of benzene rings is 2. The number of primary amides is 2. The number of hydrogen-bond donors (Lipinski definition) is 21. The zero-order chi connectivity index (χ0) is 88.1. The van der Waals surface area contributed by atoms with Crippen molar-refractivity contribution in [1.82, 2.24) is 68.3 Å². The molecular weight excluding hydrogens is 1570 g/mol. The minimum Gasteiger partial charge on any atom is -0.480 e. The van der Waals surface area contributed by atoms with Gasteiger partial charge in [0.1, 0.15) is 66.5 Å². The number of unbranched alkanes of at least 4 members (excludes halogenated alkanes) is 2. The van der Waals surface area contributed by atoms with E-state index < -0.39 is 206 Å². The van der Waals surface area contributed by atoms with Crippen molar-refractivity contribution >= 4 is 118 Å². The van der Waals surface area contributed by atoms with Gasteiger partial charge in [0.05, 0.1) is 19.1 Å². The Kier molecular flexibility index (Phi) is 45.4.